The van der Waals surface area contributed by atoms with Crippen molar-refractivity contribution in [2.45, 2.75) is 44.9 Å². The van der Waals surface area contributed by atoms with E-state index in [0.29, 0.717) is 17.8 Å². The summed E-state index contributed by atoms with van der Waals surface area (Å²) < 4.78 is 0. The van der Waals surface area contributed by atoms with E-state index in [4.69, 9.17) is 11.1 Å². The molecule has 86 valence electrons. The topological polar surface area (TPSA) is 53.1 Å². The monoisotopic (exact) mass is 209 g/mol. The number of nitrogens with two attached hydrogens (primary N) is 1. The summed E-state index contributed by atoms with van der Waals surface area (Å²) in [6, 6.07) is 0. The fourth-order valence-electron chi connectivity index (χ4n) is 3.23. The summed E-state index contributed by atoms with van der Waals surface area (Å²) in [6.07, 6.45) is 9.88. The Kier molecular flexibility index (Phi) is 3.29. The van der Waals surface area contributed by atoms with Gasteiger partial charge in [0.25, 0.3) is 0 Å². The van der Waals surface area contributed by atoms with Crippen LogP contribution < -0.4 is 5.73 Å². The van der Waals surface area contributed by atoms with Crippen molar-refractivity contribution in [3.8, 4) is 0 Å². The van der Waals surface area contributed by atoms with Gasteiger partial charge in [-0.1, -0.05) is 19.3 Å². The number of hydrogen-bond acceptors (Lipinski definition) is 2. The Morgan fingerprint density at radius 3 is 2.20 bits per heavy atom. The van der Waals surface area contributed by atoms with Crippen molar-refractivity contribution in [2.75, 3.05) is 19.6 Å². The second kappa shape index (κ2) is 4.52. The molecule has 0 radical (unpaired) electrons. The van der Waals surface area contributed by atoms with Gasteiger partial charge in [0.05, 0.1) is 6.54 Å². The van der Waals surface area contributed by atoms with Crippen molar-refractivity contribution >= 4 is 5.84 Å². The van der Waals surface area contributed by atoms with Gasteiger partial charge < -0.3 is 5.73 Å². The third-order valence-corrected chi connectivity index (χ3v) is 4.22. The van der Waals surface area contributed by atoms with Crippen LogP contribution in [0.15, 0.2) is 0 Å². The number of likely N-dealkylation sites (tertiary alicyclic amines) is 1. The van der Waals surface area contributed by atoms with Crippen LogP contribution in [-0.2, 0) is 0 Å². The van der Waals surface area contributed by atoms with Crippen LogP contribution in [0.2, 0.25) is 0 Å². The van der Waals surface area contributed by atoms with Gasteiger partial charge in [0, 0.05) is 0 Å². The van der Waals surface area contributed by atoms with Gasteiger partial charge in [0.2, 0.25) is 0 Å². The van der Waals surface area contributed by atoms with Crippen LogP contribution in [0.3, 0.4) is 0 Å². The zero-order valence-corrected chi connectivity index (χ0v) is 9.60. The predicted octanol–water partition coefficient (Wildman–Crippen LogP) is 1.97. The molecule has 15 heavy (non-hydrogen) atoms. The maximum atomic E-state index is 7.30. The number of nitrogens with one attached hydrogen (secondary N) is 1. The number of rotatable bonds is 2. The van der Waals surface area contributed by atoms with Gasteiger partial charge >= 0.3 is 0 Å². The summed E-state index contributed by atoms with van der Waals surface area (Å²) >= 11 is 0. The first kappa shape index (κ1) is 10.9. The molecule has 0 unspecified atom stereocenters. The standard InChI is InChI=1S/C12H23N3/c13-11(14)10-15-8-6-12(7-9-15)4-2-1-3-5-12/h1-10H2,(H3,13,14). The van der Waals surface area contributed by atoms with Gasteiger partial charge in [-0.25, -0.2) is 0 Å². The minimum absolute atomic E-state index is 0.314. The van der Waals surface area contributed by atoms with Crippen molar-refractivity contribution < 1.29 is 0 Å². The molecule has 1 aliphatic heterocycles. The van der Waals surface area contributed by atoms with E-state index in [-0.39, 0.29) is 0 Å². The van der Waals surface area contributed by atoms with Crippen molar-refractivity contribution in [2.24, 2.45) is 11.1 Å². The molecule has 0 aromatic rings. The highest BCUT2D eigenvalue weighted by Crippen LogP contribution is 2.44. The van der Waals surface area contributed by atoms with E-state index < -0.39 is 0 Å². The second-order valence-electron chi connectivity index (χ2n) is 5.36. The van der Waals surface area contributed by atoms with Gasteiger partial charge in [0.15, 0.2) is 0 Å². The number of amidine groups is 1. The molecule has 1 heterocycles. The van der Waals surface area contributed by atoms with Crippen LogP contribution in [-0.4, -0.2) is 30.4 Å². The Bertz CT molecular complexity index is 221. The molecule has 2 aliphatic rings. The molecule has 3 heteroatoms. The lowest BCUT2D eigenvalue weighted by Gasteiger charge is -2.44. The smallest absolute Gasteiger partial charge is 0.105 e. The second-order valence-corrected chi connectivity index (χ2v) is 5.36. The third kappa shape index (κ3) is 2.71. The first-order valence-corrected chi connectivity index (χ1v) is 6.26. The van der Waals surface area contributed by atoms with E-state index in [0.717, 1.165) is 13.1 Å². The molecule has 2 rings (SSSR count). The fraction of sp³-hybridized carbons (Fsp3) is 0.917. The van der Waals surface area contributed by atoms with Crippen LogP contribution in [0.5, 0.6) is 0 Å². The summed E-state index contributed by atoms with van der Waals surface area (Å²) in [6.45, 7) is 2.98. The highest BCUT2D eigenvalue weighted by atomic mass is 15.1. The summed E-state index contributed by atoms with van der Waals surface area (Å²) in [5.41, 5.74) is 6.11. The largest absolute Gasteiger partial charge is 0.387 e. The van der Waals surface area contributed by atoms with Gasteiger partial charge in [-0.2, -0.15) is 0 Å². The molecule has 0 aromatic heterocycles. The van der Waals surface area contributed by atoms with E-state index in [1.165, 1.54) is 44.9 Å². The molecule has 0 amide bonds. The Hall–Kier alpha value is -0.570. The molecule has 1 spiro atoms. The molecule has 0 bridgehead atoms. The van der Waals surface area contributed by atoms with Crippen molar-refractivity contribution in [3.63, 3.8) is 0 Å². The molecule has 3 N–H and O–H groups in total. The third-order valence-electron chi connectivity index (χ3n) is 4.22. The van der Waals surface area contributed by atoms with Crippen LogP contribution in [0.25, 0.3) is 0 Å². The molecule has 2 fully saturated rings. The molecule has 1 saturated carbocycles. The minimum Gasteiger partial charge on any atom is -0.387 e. The number of nitrogens with zero attached hydrogens (tertiary/aromatic N) is 1. The van der Waals surface area contributed by atoms with E-state index >= 15 is 0 Å². The SMILES string of the molecule is N=C(N)CN1CCC2(CCCCC2)CC1. The van der Waals surface area contributed by atoms with Crippen molar-refractivity contribution in [1.29, 1.82) is 5.41 Å². The highest BCUT2D eigenvalue weighted by Gasteiger charge is 2.35. The lowest BCUT2D eigenvalue weighted by atomic mass is 9.68. The van der Waals surface area contributed by atoms with Gasteiger partial charge in [0.1, 0.15) is 5.84 Å². The highest BCUT2D eigenvalue weighted by molar-refractivity contribution is 5.78. The van der Waals surface area contributed by atoms with Gasteiger partial charge in [-0.15, -0.1) is 0 Å². The van der Waals surface area contributed by atoms with Gasteiger partial charge in [-0.3, -0.25) is 10.3 Å². The fourth-order valence-corrected chi connectivity index (χ4v) is 3.23. The van der Waals surface area contributed by atoms with E-state index in [1.807, 2.05) is 0 Å². The molecular formula is C12H23N3. The zero-order chi connectivity index (χ0) is 10.7. The normalized spacial score (nSPS) is 26.7. The maximum Gasteiger partial charge on any atom is 0.105 e. The maximum absolute atomic E-state index is 7.30. The predicted molar refractivity (Wildman–Crippen MR) is 63.1 cm³/mol. The molecular weight excluding hydrogens is 186 g/mol. The first-order chi connectivity index (χ1) is 7.20. The summed E-state index contributed by atoms with van der Waals surface area (Å²) in [7, 11) is 0. The Morgan fingerprint density at radius 1 is 1.07 bits per heavy atom. The Morgan fingerprint density at radius 2 is 1.67 bits per heavy atom. The quantitative estimate of drug-likeness (QED) is 0.539. The van der Waals surface area contributed by atoms with Gasteiger partial charge in [-0.05, 0) is 44.2 Å². The van der Waals surface area contributed by atoms with Crippen LogP contribution in [0.1, 0.15) is 44.9 Å². The van der Waals surface area contributed by atoms with E-state index in [1.54, 1.807) is 0 Å². The number of hydrogen-bond donors (Lipinski definition) is 2. The molecule has 3 nitrogen and oxygen atoms in total. The molecule has 0 atom stereocenters. The van der Waals surface area contributed by atoms with Crippen LogP contribution >= 0.6 is 0 Å². The summed E-state index contributed by atoms with van der Waals surface area (Å²) in [5.74, 6) is 0.314. The number of piperidine rings is 1. The first-order valence-electron chi connectivity index (χ1n) is 6.26. The lowest BCUT2D eigenvalue weighted by molar-refractivity contribution is 0.0754. The Balaban J connectivity index is 1.82. The van der Waals surface area contributed by atoms with Crippen LogP contribution in [0.4, 0.5) is 0 Å². The average molecular weight is 209 g/mol. The van der Waals surface area contributed by atoms with Crippen molar-refractivity contribution in [3.05, 3.63) is 0 Å². The zero-order valence-electron chi connectivity index (χ0n) is 9.60. The van der Waals surface area contributed by atoms with Crippen molar-refractivity contribution in [1.82, 2.24) is 4.90 Å². The summed E-state index contributed by atoms with van der Waals surface area (Å²) in [5, 5.41) is 7.30. The van der Waals surface area contributed by atoms with E-state index in [2.05, 4.69) is 4.90 Å². The minimum atomic E-state index is 0.314. The average Bonchev–Trinajstić information content (AvgIpc) is 2.23. The Labute approximate surface area is 92.5 Å². The van der Waals surface area contributed by atoms with Crippen LogP contribution in [0, 0.1) is 10.8 Å². The molecule has 0 aromatic carbocycles. The lowest BCUT2D eigenvalue weighted by Crippen LogP contribution is -2.44. The van der Waals surface area contributed by atoms with E-state index in [9.17, 15) is 0 Å². The summed E-state index contributed by atoms with van der Waals surface area (Å²) in [4.78, 5) is 2.34. The molecule has 1 aliphatic carbocycles. The molecule has 1 saturated heterocycles.